The van der Waals surface area contributed by atoms with E-state index >= 15 is 0 Å². The van der Waals surface area contributed by atoms with Gasteiger partial charge in [0.05, 0.1) is 40.7 Å². The molecule has 2 aromatic carbocycles. The number of nitrogens with zero attached hydrogens (tertiary/aromatic N) is 2. The molecule has 0 unspecified atom stereocenters. The van der Waals surface area contributed by atoms with Gasteiger partial charge in [-0.05, 0) is 73.2 Å². The Balaban J connectivity index is 1.44. The highest BCUT2D eigenvalue weighted by molar-refractivity contribution is 6.10. The van der Waals surface area contributed by atoms with Crippen molar-refractivity contribution in [3.63, 3.8) is 0 Å². The van der Waals surface area contributed by atoms with E-state index in [1.54, 1.807) is 16.7 Å². The fraction of sp³-hybridized carbons (Fsp3) is 0.242. The highest BCUT2D eigenvalue weighted by Gasteiger charge is 2.40. The van der Waals surface area contributed by atoms with Crippen molar-refractivity contribution in [2.45, 2.75) is 51.1 Å². The van der Waals surface area contributed by atoms with E-state index in [0.717, 1.165) is 12.1 Å². The fourth-order valence-corrected chi connectivity index (χ4v) is 5.73. The topological polar surface area (TPSA) is 109 Å². The van der Waals surface area contributed by atoms with Gasteiger partial charge in [-0.25, -0.2) is 4.98 Å². The molecule has 3 N–H and O–H groups in total. The van der Waals surface area contributed by atoms with Crippen LogP contribution in [0.2, 0.25) is 0 Å². The van der Waals surface area contributed by atoms with Crippen molar-refractivity contribution in [2.75, 3.05) is 5.32 Å². The third-order valence-corrected chi connectivity index (χ3v) is 8.01. The number of halogens is 6. The largest absolute Gasteiger partial charge is 0.494 e. The number of rotatable bonds is 8. The van der Waals surface area contributed by atoms with Gasteiger partial charge in [0.2, 0.25) is 5.88 Å². The normalized spacial score (nSPS) is 13.1. The standard InChI is InChI=1S/C33H26F6N4O4/c34-32(35,36)21-12-5-18(6-13-21)7-14-23-27(42-31(46)33(37,38)39)25(26-28(41-23)24-4-1-15-43(24)30(26)45)19-8-10-20(11-9-19)29(44)40-17-22-3-2-16-47-22/h2-3,5-6,8-13,16,45H,1,4,7,14-15,17H2,(H,40,44)(H,42,46). The van der Waals surface area contributed by atoms with E-state index in [1.165, 1.54) is 42.7 Å². The molecule has 8 nitrogen and oxygen atoms in total. The van der Waals surface area contributed by atoms with Crippen LogP contribution >= 0.6 is 0 Å². The zero-order chi connectivity index (χ0) is 33.5. The van der Waals surface area contributed by atoms with Crippen LogP contribution in [0.4, 0.5) is 32.0 Å². The molecule has 1 aliphatic heterocycles. The number of anilines is 1. The van der Waals surface area contributed by atoms with Crippen LogP contribution in [-0.4, -0.2) is 32.6 Å². The van der Waals surface area contributed by atoms with Gasteiger partial charge in [0.15, 0.2) is 0 Å². The molecular weight excluding hydrogens is 630 g/mol. The number of carbonyl (C=O) groups is 2. The van der Waals surface area contributed by atoms with Gasteiger partial charge < -0.3 is 24.7 Å². The lowest BCUT2D eigenvalue weighted by atomic mass is 9.95. The lowest BCUT2D eigenvalue weighted by Crippen LogP contribution is -2.30. The van der Waals surface area contributed by atoms with Crippen LogP contribution in [0.25, 0.3) is 22.0 Å². The van der Waals surface area contributed by atoms with E-state index < -0.39 is 29.7 Å². The van der Waals surface area contributed by atoms with E-state index in [4.69, 9.17) is 4.42 Å². The SMILES string of the molecule is O=C(NCc1ccco1)c1ccc(-c2c(NC(=O)C(F)(F)F)c(CCc3ccc(C(F)(F)F)cc3)nc3c4n(c(O)c23)CCC4)cc1. The van der Waals surface area contributed by atoms with E-state index in [1.807, 2.05) is 5.32 Å². The fourth-order valence-electron chi connectivity index (χ4n) is 5.73. The number of alkyl halides is 6. The molecule has 0 saturated carbocycles. The second-order valence-corrected chi connectivity index (χ2v) is 11.0. The average molecular weight is 657 g/mol. The summed E-state index contributed by atoms with van der Waals surface area (Å²) >= 11 is 0. The number of fused-ring (bicyclic) bond motifs is 3. The van der Waals surface area contributed by atoms with Crippen molar-refractivity contribution in [2.24, 2.45) is 0 Å². The van der Waals surface area contributed by atoms with Crippen LogP contribution in [-0.2, 0) is 43.3 Å². The van der Waals surface area contributed by atoms with Gasteiger partial charge in [0.25, 0.3) is 5.91 Å². The molecule has 0 fully saturated rings. The molecule has 47 heavy (non-hydrogen) atoms. The first-order valence-corrected chi connectivity index (χ1v) is 14.5. The Morgan fingerprint density at radius 2 is 1.68 bits per heavy atom. The summed E-state index contributed by atoms with van der Waals surface area (Å²) in [7, 11) is 0. The maximum Gasteiger partial charge on any atom is 0.471 e. The monoisotopic (exact) mass is 656 g/mol. The molecule has 0 saturated heterocycles. The van der Waals surface area contributed by atoms with Crippen molar-refractivity contribution in [3.8, 4) is 17.0 Å². The minimum atomic E-state index is -5.27. The molecule has 0 spiro atoms. The summed E-state index contributed by atoms with van der Waals surface area (Å²) in [6.45, 7) is 0.565. The molecule has 6 rings (SSSR count). The number of pyridine rings is 1. The predicted molar refractivity (Wildman–Crippen MR) is 159 cm³/mol. The lowest BCUT2D eigenvalue weighted by molar-refractivity contribution is -0.167. The van der Waals surface area contributed by atoms with Gasteiger partial charge in [-0.1, -0.05) is 24.3 Å². The second kappa shape index (κ2) is 12.2. The molecule has 14 heteroatoms. The molecular formula is C33H26F6N4O4. The van der Waals surface area contributed by atoms with Crippen LogP contribution < -0.4 is 10.6 Å². The van der Waals surface area contributed by atoms with E-state index in [2.05, 4.69) is 10.3 Å². The van der Waals surface area contributed by atoms with Crippen molar-refractivity contribution in [1.82, 2.24) is 14.9 Å². The Morgan fingerprint density at radius 1 is 0.957 bits per heavy atom. The Labute approximate surface area is 263 Å². The summed E-state index contributed by atoms with van der Waals surface area (Å²) in [6.07, 6.45) is -7.08. The zero-order valence-electron chi connectivity index (χ0n) is 24.4. The maximum atomic E-state index is 13.6. The number of benzene rings is 2. The minimum Gasteiger partial charge on any atom is -0.494 e. The molecule has 2 amide bonds. The molecule has 4 heterocycles. The number of hydrogen-bond acceptors (Lipinski definition) is 5. The number of aromatic nitrogens is 2. The number of hydrogen-bond donors (Lipinski definition) is 3. The van der Waals surface area contributed by atoms with Gasteiger partial charge in [-0.3, -0.25) is 9.59 Å². The second-order valence-electron chi connectivity index (χ2n) is 11.0. The summed E-state index contributed by atoms with van der Waals surface area (Å²) in [5, 5.41) is 16.1. The summed E-state index contributed by atoms with van der Waals surface area (Å²) in [5.41, 5.74) is 0.942. The van der Waals surface area contributed by atoms with Crippen molar-refractivity contribution >= 4 is 28.4 Å². The average Bonchev–Trinajstić information content (AvgIpc) is 3.79. The number of furan rings is 1. The third kappa shape index (κ3) is 6.40. The Kier molecular flexibility index (Phi) is 8.20. The first-order chi connectivity index (χ1) is 22.3. The van der Waals surface area contributed by atoms with Crippen molar-refractivity contribution in [1.29, 1.82) is 0 Å². The molecule has 3 aromatic heterocycles. The molecule has 0 radical (unpaired) electrons. The van der Waals surface area contributed by atoms with Crippen LogP contribution in [0.5, 0.6) is 5.88 Å². The highest BCUT2D eigenvalue weighted by atomic mass is 19.4. The van der Waals surface area contributed by atoms with Gasteiger partial charge in [0, 0.05) is 23.4 Å². The predicted octanol–water partition coefficient (Wildman–Crippen LogP) is 7.18. The summed E-state index contributed by atoms with van der Waals surface area (Å²) in [4.78, 5) is 29.8. The van der Waals surface area contributed by atoms with Gasteiger partial charge in [0.1, 0.15) is 5.76 Å². The smallest absolute Gasteiger partial charge is 0.471 e. The van der Waals surface area contributed by atoms with Gasteiger partial charge >= 0.3 is 18.3 Å². The molecule has 5 aromatic rings. The lowest BCUT2D eigenvalue weighted by Gasteiger charge is -2.19. The number of amides is 2. The highest BCUT2D eigenvalue weighted by Crippen LogP contribution is 2.46. The Morgan fingerprint density at radius 3 is 2.32 bits per heavy atom. The molecule has 0 atom stereocenters. The molecule has 1 aliphatic rings. The summed E-state index contributed by atoms with van der Waals surface area (Å²) in [6, 6.07) is 13.6. The maximum absolute atomic E-state index is 13.6. The van der Waals surface area contributed by atoms with Crippen LogP contribution in [0, 0.1) is 0 Å². The van der Waals surface area contributed by atoms with Crippen molar-refractivity contribution in [3.05, 3.63) is 101 Å². The van der Waals surface area contributed by atoms with Crippen LogP contribution in [0.15, 0.2) is 71.3 Å². The quantitative estimate of drug-likeness (QED) is 0.153. The van der Waals surface area contributed by atoms with E-state index in [-0.39, 0.29) is 58.7 Å². The number of carbonyl (C=O) groups excluding carboxylic acids is 2. The first-order valence-electron chi connectivity index (χ1n) is 14.5. The van der Waals surface area contributed by atoms with E-state index in [9.17, 15) is 41.0 Å². The first kappa shape index (κ1) is 31.7. The summed E-state index contributed by atoms with van der Waals surface area (Å²) in [5.74, 6) is -2.41. The van der Waals surface area contributed by atoms with E-state index in [0.29, 0.717) is 41.9 Å². The third-order valence-electron chi connectivity index (χ3n) is 8.01. The summed E-state index contributed by atoms with van der Waals surface area (Å²) < 4.78 is 86.9. The minimum absolute atomic E-state index is 0.0468. The van der Waals surface area contributed by atoms with Gasteiger partial charge in [-0.15, -0.1) is 0 Å². The van der Waals surface area contributed by atoms with Gasteiger partial charge in [-0.2, -0.15) is 26.3 Å². The Bertz CT molecular complexity index is 1950. The molecule has 244 valence electrons. The number of aryl methyl sites for hydroxylation is 3. The Hall–Kier alpha value is -5.27. The van der Waals surface area contributed by atoms with Crippen LogP contribution in [0.3, 0.4) is 0 Å². The molecule has 0 aliphatic carbocycles. The number of nitrogens with one attached hydrogen (secondary N) is 2. The zero-order valence-corrected chi connectivity index (χ0v) is 24.4. The van der Waals surface area contributed by atoms with Crippen LogP contribution in [0.1, 0.15) is 45.1 Å². The molecule has 0 bridgehead atoms. The number of aromatic hydroxyl groups is 1. The van der Waals surface area contributed by atoms with Crippen molar-refractivity contribution < 1.29 is 45.5 Å².